The topological polar surface area (TPSA) is 173 Å². The van der Waals surface area contributed by atoms with Gasteiger partial charge in [-0.25, -0.2) is 9.59 Å². The number of amides is 2. The van der Waals surface area contributed by atoms with Crippen LogP contribution in [-0.4, -0.2) is 79.9 Å². The van der Waals surface area contributed by atoms with E-state index in [-0.39, 0.29) is 31.3 Å². The monoisotopic (exact) mass is 590 g/mol. The van der Waals surface area contributed by atoms with Crippen LogP contribution in [0.1, 0.15) is 25.7 Å². The maximum atomic E-state index is 12.1. The summed E-state index contributed by atoms with van der Waals surface area (Å²) in [4.78, 5) is 22.7. The number of nitrogens with one attached hydrogen (secondary N) is 2. The summed E-state index contributed by atoms with van der Waals surface area (Å²) in [6.07, 6.45) is 5.30. The Balaban J connectivity index is 0.000000293. The minimum Gasteiger partial charge on any atom is -0.497 e. The van der Waals surface area contributed by atoms with Crippen LogP contribution in [0.4, 0.5) is 9.59 Å². The zero-order valence-electron chi connectivity index (χ0n) is 21.8. The lowest BCUT2D eigenvalue weighted by molar-refractivity contribution is 0.145. The van der Waals surface area contributed by atoms with Gasteiger partial charge in [0.05, 0.1) is 42.6 Å². The Morgan fingerprint density at radius 2 is 1.28 bits per heavy atom. The predicted molar refractivity (Wildman–Crippen MR) is 140 cm³/mol. The van der Waals surface area contributed by atoms with Gasteiger partial charge in [-0.2, -0.15) is 16.8 Å². The third-order valence-electron chi connectivity index (χ3n) is 5.49. The standard InChI is InChI=1S/C15H19NO6S.C9H15NO5S/c1-3-10-21-14(17)16-15(8-9-15)11-22-23(18,19)13-6-4-12(20-2)5-7-13;1-3-6-14-8(11)10-9(4-5-9)7-15-16(2,12)13/h3-7H,1,8-11H2,2H3,(H,16,17);3H,1,4-7H2,2H3,(H,10,11). The van der Waals surface area contributed by atoms with Gasteiger partial charge >= 0.3 is 12.2 Å². The van der Waals surface area contributed by atoms with Gasteiger partial charge in [-0.3, -0.25) is 8.37 Å². The molecule has 1 aromatic rings. The number of hydrogen-bond donors (Lipinski definition) is 2. The Kier molecular flexibility index (Phi) is 11.3. The van der Waals surface area contributed by atoms with E-state index in [9.17, 15) is 26.4 Å². The molecule has 15 heteroatoms. The normalized spacial score (nSPS) is 16.4. The van der Waals surface area contributed by atoms with Crippen molar-refractivity contribution in [3.05, 3.63) is 49.6 Å². The van der Waals surface area contributed by atoms with Crippen molar-refractivity contribution in [1.29, 1.82) is 0 Å². The van der Waals surface area contributed by atoms with Crippen molar-refractivity contribution >= 4 is 32.4 Å². The van der Waals surface area contributed by atoms with E-state index in [0.29, 0.717) is 31.4 Å². The van der Waals surface area contributed by atoms with Crippen molar-refractivity contribution in [3.63, 3.8) is 0 Å². The van der Waals surface area contributed by atoms with Crippen LogP contribution in [0.3, 0.4) is 0 Å². The van der Waals surface area contributed by atoms with Crippen molar-refractivity contribution in [2.75, 3.05) is 39.8 Å². The molecule has 218 valence electrons. The second kappa shape index (κ2) is 13.8. The van der Waals surface area contributed by atoms with Crippen molar-refractivity contribution in [2.24, 2.45) is 0 Å². The lowest BCUT2D eigenvalue weighted by Crippen LogP contribution is -2.41. The van der Waals surface area contributed by atoms with Gasteiger partial charge in [0, 0.05) is 0 Å². The van der Waals surface area contributed by atoms with Crippen LogP contribution in [-0.2, 0) is 38.1 Å². The number of methoxy groups -OCH3 is 1. The molecule has 2 aliphatic rings. The van der Waals surface area contributed by atoms with E-state index in [0.717, 1.165) is 6.26 Å². The number of carbonyl (C=O) groups is 2. The fourth-order valence-corrected chi connectivity index (χ4v) is 4.33. The van der Waals surface area contributed by atoms with Gasteiger partial charge in [-0.15, -0.1) is 0 Å². The predicted octanol–water partition coefficient (Wildman–Crippen LogP) is 2.25. The largest absolute Gasteiger partial charge is 0.497 e. The number of alkyl carbamates (subject to hydrolysis) is 2. The van der Waals surface area contributed by atoms with Crippen molar-refractivity contribution < 1.29 is 49.0 Å². The highest BCUT2D eigenvalue weighted by atomic mass is 32.2. The summed E-state index contributed by atoms with van der Waals surface area (Å²) >= 11 is 0. The average Bonchev–Trinajstić information content (AvgIpc) is 3.82. The highest BCUT2D eigenvalue weighted by molar-refractivity contribution is 7.86. The molecule has 2 amide bonds. The molecule has 0 radical (unpaired) electrons. The molecule has 0 saturated heterocycles. The summed E-state index contributed by atoms with van der Waals surface area (Å²) in [5, 5.41) is 5.20. The quantitative estimate of drug-likeness (QED) is 0.240. The fourth-order valence-electron chi connectivity index (χ4n) is 2.91. The minimum absolute atomic E-state index is 0.0309. The zero-order valence-corrected chi connectivity index (χ0v) is 23.5. The Labute approximate surface area is 228 Å². The first-order valence-corrected chi connectivity index (χ1v) is 15.0. The molecule has 0 aliphatic heterocycles. The lowest BCUT2D eigenvalue weighted by atomic mass is 10.3. The smallest absolute Gasteiger partial charge is 0.407 e. The molecule has 39 heavy (non-hydrogen) atoms. The van der Waals surface area contributed by atoms with Crippen molar-refractivity contribution in [3.8, 4) is 5.75 Å². The van der Waals surface area contributed by atoms with Gasteiger partial charge in [0.25, 0.3) is 20.2 Å². The zero-order chi connectivity index (χ0) is 29.2. The minimum atomic E-state index is -3.90. The van der Waals surface area contributed by atoms with Gasteiger partial charge in [0.2, 0.25) is 0 Å². The van der Waals surface area contributed by atoms with Gasteiger partial charge in [0.15, 0.2) is 0 Å². The Morgan fingerprint density at radius 1 is 0.846 bits per heavy atom. The SMILES string of the molecule is C=CCOC(=O)NC1(COS(=O)(=O)c2ccc(OC)cc2)CC1.C=CCOC(=O)NC1(COS(C)(=O)=O)CC1. The number of ether oxygens (including phenoxy) is 3. The maximum absolute atomic E-state index is 12.1. The van der Waals surface area contributed by atoms with E-state index in [4.69, 9.17) is 18.4 Å². The first kappa shape index (κ1) is 32.1. The van der Waals surface area contributed by atoms with E-state index in [1.807, 2.05) is 0 Å². The molecule has 3 rings (SSSR count). The lowest BCUT2D eigenvalue weighted by Gasteiger charge is -2.17. The molecule has 0 heterocycles. The summed E-state index contributed by atoms with van der Waals surface area (Å²) < 4.78 is 70.1. The van der Waals surface area contributed by atoms with E-state index < -0.39 is 43.5 Å². The summed E-state index contributed by atoms with van der Waals surface area (Å²) in [5.41, 5.74) is -1.26. The second-order valence-electron chi connectivity index (χ2n) is 8.94. The van der Waals surface area contributed by atoms with Crippen LogP contribution in [0.25, 0.3) is 0 Å². The van der Waals surface area contributed by atoms with Crippen LogP contribution >= 0.6 is 0 Å². The molecular formula is C24H34N2O11S2. The highest BCUT2D eigenvalue weighted by Gasteiger charge is 2.46. The van der Waals surface area contributed by atoms with Crippen LogP contribution < -0.4 is 15.4 Å². The van der Waals surface area contributed by atoms with Gasteiger partial charge in [0.1, 0.15) is 19.0 Å². The number of carbonyl (C=O) groups excluding carboxylic acids is 2. The Morgan fingerprint density at radius 3 is 1.64 bits per heavy atom. The van der Waals surface area contributed by atoms with Gasteiger partial charge < -0.3 is 24.8 Å². The van der Waals surface area contributed by atoms with Crippen molar-refractivity contribution in [1.82, 2.24) is 10.6 Å². The average molecular weight is 591 g/mol. The summed E-state index contributed by atoms with van der Waals surface area (Å²) in [5.74, 6) is 0.550. The van der Waals surface area contributed by atoms with Crippen LogP contribution in [0.15, 0.2) is 54.5 Å². The first-order valence-electron chi connectivity index (χ1n) is 11.8. The Bertz CT molecular complexity index is 1220. The van der Waals surface area contributed by atoms with E-state index in [1.54, 1.807) is 0 Å². The van der Waals surface area contributed by atoms with Gasteiger partial charge in [-0.1, -0.05) is 25.3 Å². The fraction of sp³-hybridized carbons (Fsp3) is 0.500. The molecular weight excluding hydrogens is 556 g/mol. The second-order valence-corrected chi connectivity index (χ2v) is 12.2. The molecule has 2 fully saturated rings. The summed E-state index contributed by atoms with van der Waals surface area (Å²) in [7, 11) is -5.88. The highest BCUT2D eigenvalue weighted by Crippen LogP contribution is 2.37. The van der Waals surface area contributed by atoms with Gasteiger partial charge in [-0.05, 0) is 49.9 Å². The first-order chi connectivity index (χ1) is 18.3. The van der Waals surface area contributed by atoms with Crippen LogP contribution in [0.5, 0.6) is 5.75 Å². The van der Waals surface area contributed by atoms with E-state index >= 15 is 0 Å². The number of rotatable bonds is 14. The Hall–Kier alpha value is -3.14. The van der Waals surface area contributed by atoms with E-state index in [2.05, 4.69) is 28.0 Å². The van der Waals surface area contributed by atoms with Crippen LogP contribution in [0.2, 0.25) is 0 Å². The molecule has 2 saturated carbocycles. The van der Waals surface area contributed by atoms with Crippen molar-refractivity contribution in [2.45, 2.75) is 41.7 Å². The summed E-state index contributed by atoms with van der Waals surface area (Å²) in [6.45, 7) is 6.87. The summed E-state index contributed by atoms with van der Waals surface area (Å²) in [6, 6.07) is 5.88. The third kappa shape index (κ3) is 11.6. The van der Waals surface area contributed by atoms with Crippen LogP contribution in [0, 0.1) is 0 Å². The molecule has 1 aromatic carbocycles. The molecule has 0 bridgehead atoms. The number of hydrogen-bond acceptors (Lipinski definition) is 11. The molecule has 0 spiro atoms. The molecule has 0 aromatic heterocycles. The molecule has 0 atom stereocenters. The third-order valence-corrected chi connectivity index (χ3v) is 7.32. The molecule has 13 nitrogen and oxygen atoms in total. The molecule has 2 aliphatic carbocycles. The molecule has 0 unspecified atom stereocenters. The number of benzene rings is 1. The van der Waals surface area contributed by atoms with E-state index in [1.165, 1.54) is 43.5 Å². The maximum Gasteiger partial charge on any atom is 0.407 e. The molecule has 2 N–H and O–H groups in total.